The number of hydrogen-bond donors (Lipinski definition) is 4. The predicted molar refractivity (Wildman–Crippen MR) is 207 cm³/mol. The van der Waals surface area contributed by atoms with Gasteiger partial charge in [-0.15, -0.1) is 0 Å². The SMILES string of the molecule is COC[C@@H]1CCCN1C[C@@H]1C[C@H](c2ccc(CO)cc2)O[C@H](c2ccc(-c3ccccc3CNC(=O)CCCCC(=O)Nc3ccccc3N)cc2)O1. The molecule has 2 amide bonds. The zero-order valence-electron chi connectivity index (χ0n) is 30.5. The topological polar surface area (TPSA) is 135 Å². The van der Waals surface area contributed by atoms with Gasteiger partial charge in [-0.25, -0.2) is 0 Å². The Bertz CT molecular complexity index is 1780. The standard InChI is InChI=1S/C43H52N4O6/c1-51-29-35-10-8-24-47(35)27-36-25-40(32-18-16-30(28-48)17-19-32)53-43(52-36)33-22-20-31(21-23-33)37-11-3-2-9-34(37)26-45-41(49)14-6-7-15-42(50)46-39-13-5-4-12-38(39)44/h2-5,9,11-13,16-23,35-36,40,43,48H,6-8,10,14-15,24-29,44H2,1H3,(H,45,49)(H,46,50)/t35-,36-,40+,43+/m0/s1. The van der Waals surface area contributed by atoms with Crippen molar-refractivity contribution in [1.82, 2.24) is 10.2 Å². The van der Waals surface area contributed by atoms with Gasteiger partial charge in [-0.2, -0.15) is 0 Å². The monoisotopic (exact) mass is 720 g/mol. The van der Waals surface area contributed by atoms with E-state index < -0.39 is 6.29 Å². The van der Waals surface area contributed by atoms with Crippen molar-refractivity contribution in [3.63, 3.8) is 0 Å². The van der Waals surface area contributed by atoms with Crippen molar-refractivity contribution >= 4 is 23.2 Å². The van der Waals surface area contributed by atoms with Crippen LogP contribution in [0.4, 0.5) is 11.4 Å². The summed E-state index contributed by atoms with van der Waals surface area (Å²) >= 11 is 0. The average Bonchev–Trinajstić information content (AvgIpc) is 3.62. The number of carbonyl (C=O) groups excluding carboxylic acids is 2. The van der Waals surface area contributed by atoms with Crippen LogP contribution in [0.15, 0.2) is 97.1 Å². The number of para-hydroxylation sites is 2. The highest BCUT2D eigenvalue weighted by atomic mass is 16.7. The number of nitrogen functional groups attached to an aromatic ring is 1. The number of carbonyl (C=O) groups is 2. The maximum atomic E-state index is 12.7. The van der Waals surface area contributed by atoms with E-state index in [0.717, 1.165) is 72.3 Å². The number of aliphatic hydroxyl groups excluding tert-OH is 1. The van der Waals surface area contributed by atoms with E-state index in [0.29, 0.717) is 49.6 Å². The smallest absolute Gasteiger partial charge is 0.224 e. The molecule has 10 heteroatoms. The van der Waals surface area contributed by atoms with Crippen molar-refractivity contribution in [2.24, 2.45) is 0 Å². The van der Waals surface area contributed by atoms with Gasteiger partial charge >= 0.3 is 0 Å². The summed E-state index contributed by atoms with van der Waals surface area (Å²) in [7, 11) is 1.76. The van der Waals surface area contributed by atoms with E-state index in [1.165, 1.54) is 0 Å². The normalized spacial score (nSPS) is 20.3. The van der Waals surface area contributed by atoms with E-state index in [1.807, 2.05) is 54.6 Å². The maximum absolute atomic E-state index is 12.7. The minimum absolute atomic E-state index is 0.00580. The average molecular weight is 721 g/mol. The van der Waals surface area contributed by atoms with E-state index >= 15 is 0 Å². The summed E-state index contributed by atoms with van der Waals surface area (Å²) in [4.78, 5) is 27.5. The lowest BCUT2D eigenvalue weighted by atomic mass is 9.97. The lowest BCUT2D eigenvalue weighted by molar-refractivity contribution is -0.253. The quantitative estimate of drug-likeness (QED) is 0.0726. The van der Waals surface area contributed by atoms with Gasteiger partial charge in [0.05, 0.1) is 36.8 Å². The first-order chi connectivity index (χ1) is 25.9. The molecule has 0 bridgehead atoms. The van der Waals surface area contributed by atoms with Crippen LogP contribution >= 0.6 is 0 Å². The molecule has 6 rings (SSSR count). The summed E-state index contributed by atoms with van der Waals surface area (Å²) in [5.74, 6) is -0.164. The number of amides is 2. The van der Waals surface area contributed by atoms with Crippen LogP contribution in [0.3, 0.4) is 0 Å². The molecule has 0 radical (unpaired) electrons. The summed E-state index contributed by atoms with van der Waals surface area (Å²) in [6.07, 6.45) is 4.20. The van der Waals surface area contributed by atoms with Crippen LogP contribution in [0.1, 0.15) is 79.6 Å². The first-order valence-corrected chi connectivity index (χ1v) is 18.7. The summed E-state index contributed by atoms with van der Waals surface area (Å²) in [6.45, 7) is 2.98. The van der Waals surface area contributed by atoms with Crippen LogP contribution in [-0.2, 0) is 37.0 Å². The Morgan fingerprint density at radius 1 is 0.887 bits per heavy atom. The Morgan fingerprint density at radius 2 is 1.60 bits per heavy atom. The van der Waals surface area contributed by atoms with E-state index in [9.17, 15) is 14.7 Å². The maximum Gasteiger partial charge on any atom is 0.224 e. The number of likely N-dealkylation sites (tertiary alicyclic amines) is 1. The number of unbranched alkanes of at least 4 members (excludes halogenated alkanes) is 1. The highest BCUT2D eigenvalue weighted by Gasteiger charge is 2.35. The number of anilines is 2. The number of aliphatic hydroxyl groups is 1. The zero-order chi connectivity index (χ0) is 37.0. The number of nitrogens with zero attached hydrogens (tertiary/aromatic N) is 1. The predicted octanol–water partition coefficient (Wildman–Crippen LogP) is 6.90. The van der Waals surface area contributed by atoms with E-state index in [2.05, 4.69) is 45.9 Å². The first kappa shape index (κ1) is 38.2. The zero-order valence-corrected chi connectivity index (χ0v) is 30.5. The number of benzene rings is 4. The minimum atomic E-state index is -0.536. The van der Waals surface area contributed by atoms with Gasteiger partial charge in [0.1, 0.15) is 0 Å². The van der Waals surface area contributed by atoms with Gasteiger partial charge in [0.2, 0.25) is 11.8 Å². The number of nitrogens with two attached hydrogens (primary N) is 1. The minimum Gasteiger partial charge on any atom is -0.397 e. The van der Waals surface area contributed by atoms with Crippen molar-refractivity contribution in [2.75, 3.05) is 37.9 Å². The Hall–Kier alpha value is -4.58. The second-order valence-electron chi connectivity index (χ2n) is 14.0. The molecular formula is C43H52N4O6. The highest BCUT2D eigenvalue weighted by Crippen LogP contribution is 2.39. The number of nitrogens with one attached hydrogen (secondary N) is 2. The third kappa shape index (κ3) is 10.5. The van der Waals surface area contributed by atoms with Gasteiger partial charge < -0.3 is 35.7 Å². The van der Waals surface area contributed by atoms with Crippen molar-refractivity contribution in [1.29, 1.82) is 0 Å². The molecule has 53 heavy (non-hydrogen) atoms. The number of rotatable bonds is 16. The molecule has 0 aliphatic carbocycles. The lowest BCUT2D eigenvalue weighted by Crippen LogP contribution is -2.42. The molecule has 2 aliphatic heterocycles. The summed E-state index contributed by atoms with van der Waals surface area (Å²) < 4.78 is 18.8. The van der Waals surface area contributed by atoms with Crippen LogP contribution in [-0.4, -0.2) is 60.8 Å². The Morgan fingerprint density at radius 3 is 2.36 bits per heavy atom. The molecule has 2 aliphatic rings. The Balaban J connectivity index is 1.05. The summed E-state index contributed by atoms with van der Waals surface area (Å²) in [5, 5.41) is 15.5. The molecule has 0 saturated carbocycles. The van der Waals surface area contributed by atoms with Crippen LogP contribution in [0, 0.1) is 0 Å². The van der Waals surface area contributed by atoms with Gasteiger partial charge in [-0.05, 0) is 72.2 Å². The lowest BCUT2D eigenvalue weighted by Gasteiger charge is -2.38. The van der Waals surface area contributed by atoms with Crippen molar-refractivity contribution in [3.05, 3.63) is 119 Å². The van der Waals surface area contributed by atoms with Gasteiger partial charge in [0.25, 0.3) is 0 Å². The molecule has 5 N–H and O–H groups in total. The second kappa shape index (κ2) is 19.0. The fraction of sp³-hybridized carbons (Fsp3) is 0.395. The molecular weight excluding hydrogens is 668 g/mol. The molecule has 0 spiro atoms. The van der Waals surface area contributed by atoms with Gasteiger partial charge in [-0.3, -0.25) is 14.5 Å². The van der Waals surface area contributed by atoms with Crippen LogP contribution in [0.5, 0.6) is 0 Å². The van der Waals surface area contributed by atoms with E-state index in [4.69, 9.17) is 19.9 Å². The highest BCUT2D eigenvalue weighted by molar-refractivity contribution is 5.93. The molecule has 4 aromatic carbocycles. The summed E-state index contributed by atoms with van der Waals surface area (Å²) in [6, 6.07) is 31.9. The summed E-state index contributed by atoms with van der Waals surface area (Å²) in [5.41, 5.74) is 13.0. The van der Waals surface area contributed by atoms with Crippen LogP contribution in [0.25, 0.3) is 11.1 Å². The largest absolute Gasteiger partial charge is 0.397 e. The molecule has 4 aromatic rings. The van der Waals surface area contributed by atoms with Crippen molar-refractivity contribution in [3.8, 4) is 11.1 Å². The fourth-order valence-corrected chi connectivity index (χ4v) is 7.26. The third-order valence-corrected chi connectivity index (χ3v) is 10.2. The molecule has 0 aromatic heterocycles. The third-order valence-electron chi connectivity index (χ3n) is 10.2. The van der Waals surface area contributed by atoms with E-state index in [1.54, 1.807) is 19.2 Å². The van der Waals surface area contributed by atoms with Crippen molar-refractivity contribution < 1.29 is 28.9 Å². The molecule has 4 atom stereocenters. The van der Waals surface area contributed by atoms with E-state index in [-0.39, 0.29) is 30.6 Å². The number of hydrogen-bond acceptors (Lipinski definition) is 8. The second-order valence-corrected chi connectivity index (χ2v) is 14.0. The van der Waals surface area contributed by atoms with Gasteiger partial charge in [-0.1, -0.05) is 84.9 Å². The molecule has 280 valence electrons. The molecule has 2 saturated heterocycles. The number of ether oxygens (including phenoxy) is 3. The molecule has 0 unspecified atom stereocenters. The first-order valence-electron chi connectivity index (χ1n) is 18.7. The fourth-order valence-electron chi connectivity index (χ4n) is 7.26. The number of methoxy groups -OCH3 is 1. The Kier molecular flexibility index (Phi) is 13.6. The van der Waals surface area contributed by atoms with Crippen molar-refractivity contribution in [2.45, 2.75) is 82.6 Å². The molecule has 2 heterocycles. The van der Waals surface area contributed by atoms with Crippen LogP contribution in [0.2, 0.25) is 0 Å². The van der Waals surface area contributed by atoms with Gasteiger partial charge in [0.15, 0.2) is 6.29 Å². The van der Waals surface area contributed by atoms with Gasteiger partial charge in [0, 0.05) is 51.1 Å². The van der Waals surface area contributed by atoms with Crippen LogP contribution < -0.4 is 16.4 Å². The molecule has 2 fully saturated rings. The molecule has 10 nitrogen and oxygen atoms in total. The Labute approximate surface area is 312 Å².